The predicted octanol–water partition coefficient (Wildman–Crippen LogP) is 1.76. The van der Waals surface area contributed by atoms with Crippen molar-refractivity contribution in [3.8, 4) is 0 Å². The van der Waals surface area contributed by atoms with Crippen LogP contribution in [0.4, 0.5) is 0 Å². The molecule has 2 saturated heterocycles. The van der Waals surface area contributed by atoms with Crippen LogP contribution in [0, 0.1) is 5.41 Å². The number of rotatable bonds is 5. The highest BCUT2D eigenvalue weighted by Gasteiger charge is 2.35. The number of hydrogen-bond donors (Lipinski definition) is 2. The molecule has 0 radical (unpaired) electrons. The average Bonchev–Trinajstić information content (AvgIpc) is 2.47. The van der Waals surface area contributed by atoms with Gasteiger partial charge in [-0.25, -0.2) is 0 Å². The molecule has 0 aromatic rings. The van der Waals surface area contributed by atoms with Crippen molar-refractivity contribution >= 4 is 5.91 Å². The molecule has 1 unspecified atom stereocenters. The minimum Gasteiger partial charge on any atom is -0.353 e. The smallest absolute Gasteiger partial charge is 0.227 e. The normalized spacial score (nSPS) is 29.3. The Labute approximate surface area is 123 Å². The van der Waals surface area contributed by atoms with Crippen LogP contribution in [0.15, 0.2) is 0 Å². The van der Waals surface area contributed by atoms with Crippen LogP contribution in [0.1, 0.15) is 52.4 Å². The molecule has 2 N–H and O–H groups in total. The quantitative estimate of drug-likeness (QED) is 0.807. The van der Waals surface area contributed by atoms with Crippen LogP contribution in [-0.2, 0) is 4.79 Å². The summed E-state index contributed by atoms with van der Waals surface area (Å²) in [6.07, 6.45) is 6.90. The minimum atomic E-state index is -0.197. The number of amides is 1. The second-order valence-electron chi connectivity index (χ2n) is 6.78. The van der Waals surface area contributed by atoms with Crippen molar-refractivity contribution in [1.82, 2.24) is 15.5 Å². The summed E-state index contributed by atoms with van der Waals surface area (Å²) in [6, 6.07) is 0.388. The van der Waals surface area contributed by atoms with Gasteiger partial charge in [-0.2, -0.15) is 0 Å². The van der Waals surface area contributed by atoms with Crippen LogP contribution in [0.5, 0.6) is 0 Å². The maximum Gasteiger partial charge on any atom is 0.227 e. The van der Waals surface area contributed by atoms with E-state index < -0.39 is 0 Å². The SMILES string of the molecule is CCCCN1CCC(NC(=O)C2(C)CCCNC2)CC1. The molecular formula is C16H31N3O. The van der Waals surface area contributed by atoms with E-state index in [1.54, 1.807) is 0 Å². The lowest BCUT2D eigenvalue weighted by Crippen LogP contribution is -2.53. The van der Waals surface area contributed by atoms with E-state index in [4.69, 9.17) is 0 Å². The third-order valence-electron chi connectivity index (χ3n) is 4.90. The molecule has 0 spiro atoms. The van der Waals surface area contributed by atoms with Crippen molar-refractivity contribution < 1.29 is 4.79 Å². The zero-order chi connectivity index (χ0) is 14.4. The van der Waals surface area contributed by atoms with Gasteiger partial charge in [0.1, 0.15) is 0 Å². The minimum absolute atomic E-state index is 0.197. The monoisotopic (exact) mass is 281 g/mol. The predicted molar refractivity (Wildman–Crippen MR) is 82.7 cm³/mol. The van der Waals surface area contributed by atoms with Gasteiger partial charge in [-0.1, -0.05) is 13.3 Å². The summed E-state index contributed by atoms with van der Waals surface area (Å²) < 4.78 is 0. The van der Waals surface area contributed by atoms with Crippen molar-refractivity contribution in [3.63, 3.8) is 0 Å². The summed E-state index contributed by atoms with van der Waals surface area (Å²) >= 11 is 0. The fraction of sp³-hybridized carbons (Fsp3) is 0.938. The molecule has 0 aromatic carbocycles. The Morgan fingerprint density at radius 2 is 2.15 bits per heavy atom. The van der Waals surface area contributed by atoms with Gasteiger partial charge in [-0.05, 0) is 52.1 Å². The van der Waals surface area contributed by atoms with Crippen molar-refractivity contribution in [2.24, 2.45) is 5.41 Å². The molecule has 0 saturated carbocycles. The van der Waals surface area contributed by atoms with Crippen molar-refractivity contribution in [2.45, 2.75) is 58.4 Å². The highest BCUT2D eigenvalue weighted by atomic mass is 16.2. The van der Waals surface area contributed by atoms with Gasteiger partial charge in [-0.15, -0.1) is 0 Å². The fourth-order valence-corrected chi connectivity index (χ4v) is 3.29. The largest absolute Gasteiger partial charge is 0.353 e. The zero-order valence-corrected chi connectivity index (χ0v) is 13.2. The molecule has 0 aromatic heterocycles. The van der Waals surface area contributed by atoms with Gasteiger partial charge in [0.25, 0.3) is 0 Å². The molecule has 2 aliphatic heterocycles. The number of carbonyl (C=O) groups is 1. The Hall–Kier alpha value is -0.610. The van der Waals surface area contributed by atoms with Crippen molar-refractivity contribution in [2.75, 3.05) is 32.7 Å². The molecule has 2 rings (SSSR count). The Kier molecular flexibility index (Phi) is 5.85. The van der Waals surface area contributed by atoms with Gasteiger partial charge in [0.05, 0.1) is 5.41 Å². The van der Waals surface area contributed by atoms with Crippen LogP contribution < -0.4 is 10.6 Å². The molecule has 1 atom stereocenters. The Balaban J connectivity index is 1.73. The lowest BCUT2D eigenvalue weighted by molar-refractivity contribution is -0.132. The summed E-state index contributed by atoms with van der Waals surface area (Å²) in [7, 11) is 0. The average molecular weight is 281 g/mol. The number of piperidine rings is 2. The molecule has 4 heteroatoms. The first-order chi connectivity index (χ1) is 9.64. The molecule has 2 fully saturated rings. The van der Waals surface area contributed by atoms with E-state index in [0.717, 1.165) is 51.9 Å². The summed E-state index contributed by atoms with van der Waals surface area (Å²) in [5, 5.41) is 6.65. The topological polar surface area (TPSA) is 44.4 Å². The van der Waals surface area contributed by atoms with E-state index in [9.17, 15) is 4.79 Å². The first kappa shape index (κ1) is 15.8. The first-order valence-electron chi connectivity index (χ1n) is 8.38. The summed E-state index contributed by atoms with van der Waals surface area (Å²) in [4.78, 5) is 15.0. The van der Waals surface area contributed by atoms with Gasteiger partial charge in [0.2, 0.25) is 5.91 Å². The second-order valence-corrected chi connectivity index (χ2v) is 6.78. The summed E-state index contributed by atoms with van der Waals surface area (Å²) in [5.41, 5.74) is -0.197. The van der Waals surface area contributed by atoms with E-state index in [-0.39, 0.29) is 11.3 Å². The number of nitrogens with zero attached hydrogens (tertiary/aromatic N) is 1. The van der Waals surface area contributed by atoms with Gasteiger partial charge < -0.3 is 15.5 Å². The Bertz CT molecular complexity index is 305. The molecule has 0 bridgehead atoms. The number of carbonyl (C=O) groups excluding carboxylic acids is 1. The second kappa shape index (κ2) is 7.41. The molecule has 1 amide bonds. The van der Waals surface area contributed by atoms with Gasteiger partial charge in [0, 0.05) is 25.7 Å². The Morgan fingerprint density at radius 1 is 1.40 bits per heavy atom. The van der Waals surface area contributed by atoms with E-state index >= 15 is 0 Å². The van der Waals surface area contributed by atoms with Crippen molar-refractivity contribution in [3.05, 3.63) is 0 Å². The molecule has 2 aliphatic rings. The molecule has 2 heterocycles. The summed E-state index contributed by atoms with van der Waals surface area (Å²) in [5.74, 6) is 0.261. The first-order valence-corrected chi connectivity index (χ1v) is 8.38. The maximum atomic E-state index is 12.5. The number of likely N-dealkylation sites (tertiary alicyclic amines) is 1. The van der Waals surface area contributed by atoms with Gasteiger partial charge >= 0.3 is 0 Å². The van der Waals surface area contributed by atoms with Gasteiger partial charge in [-0.3, -0.25) is 4.79 Å². The lowest BCUT2D eigenvalue weighted by Gasteiger charge is -2.37. The Morgan fingerprint density at radius 3 is 2.75 bits per heavy atom. The number of nitrogens with one attached hydrogen (secondary N) is 2. The van der Waals surface area contributed by atoms with Crippen LogP contribution >= 0.6 is 0 Å². The molecule has 0 aliphatic carbocycles. The standard InChI is InChI=1S/C16H31N3O/c1-3-4-10-19-11-6-14(7-12-19)18-15(20)16(2)8-5-9-17-13-16/h14,17H,3-13H2,1-2H3,(H,18,20). The summed E-state index contributed by atoms with van der Waals surface area (Å²) in [6.45, 7) is 9.72. The number of unbranched alkanes of at least 4 members (excludes halogenated alkanes) is 1. The third kappa shape index (κ3) is 4.19. The highest BCUT2D eigenvalue weighted by Crippen LogP contribution is 2.26. The lowest BCUT2D eigenvalue weighted by atomic mass is 9.81. The molecule has 116 valence electrons. The van der Waals surface area contributed by atoms with E-state index in [2.05, 4.69) is 29.4 Å². The fourth-order valence-electron chi connectivity index (χ4n) is 3.29. The maximum absolute atomic E-state index is 12.5. The van der Waals surface area contributed by atoms with E-state index in [1.165, 1.54) is 19.4 Å². The molecular weight excluding hydrogens is 250 g/mol. The van der Waals surface area contributed by atoms with Crippen LogP contribution in [0.25, 0.3) is 0 Å². The van der Waals surface area contributed by atoms with Crippen LogP contribution in [-0.4, -0.2) is 49.6 Å². The van der Waals surface area contributed by atoms with E-state index in [1.807, 2.05) is 0 Å². The van der Waals surface area contributed by atoms with Gasteiger partial charge in [0.15, 0.2) is 0 Å². The van der Waals surface area contributed by atoms with Crippen molar-refractivity contribution in [1.29, 1.82) is 0 Å². The molecule has 20 heavy (non-hydrogen) atoms. The van der Waals surface area contributed by atoms with Crippen LogP contribution in [0.3, 0.4) is 0 Å². The van der Waals surface area contributed by atoms with Crippen LogP contribution in [0.2, 0.25) is 0 Å². The third-order valence-corrected chi connectivity index (χ3v) is 4.90. The highest BCUT2D eigenvalue weighted by molar-refractivity contribution is 5.82. The molecule has 4 nitrogen and oxygen atoms in total. The zero-order valence-electron chi connectivity index (χ0n) is 13.2. The van der Waals surface area contributed by atoms with E-state index in [0.29, 0.717) is 6.04 Å². The number of hydrogen-bond acceptors (Lipinski definition) is 3.